The summed E-state index contributed by atoms with van der Waals surface area (Å²) in [6.45, 7) is 0. The summed E-state index contributed by atoms with van der Waals surface area (Å²) < 4.78 is 5.76. The fourth-order valence-electron chi connectivity index (χ4n) is 3.29. The molecule has 0 radical (unpaired) electrons. The second-order valence-electron chi connectivity index (χ2n) is 5.58. The zero-order valence-electron chi connectivity index (χ0n) is 10.3. The predicted molar refractivity (Wildman–Crippen MR) is 66.9 cm³/mol. The Labute approximate surface area is 107 Å². The van der Waals surface area contributed by atoms with Crippen LogP contribution in [0.3, 0.4) is 0 Å². The van der Waals surface area contributed by atoms with E-state index in [0.29, 0.717) is 12.0 Å². The number of hydrogen-bond acceptors (Lipinski definition) is 3. The number of nitriles is 1. The van der Waals surface area contributed by atoms with Crippen LogP contribution in [0, 0.1) is 11.3 Å². The molecule has 94 valence electrons. The van der Waals surface area contributed by atoms with E-state index >= 15 is 0 Å². The first-order valence-electron chi connectivity index (χ1n) is 6.54. The van der Waals surface area contributed by atoms with Crippen molar-refractivity contribution in [2.45, 2.75) is 49.9 Å². The zero-order chi connectivity index (χ0) is 12.6. The molecule has 2 unspecified atom stereocenters. The molecule has 2 saturated heterocycles. The third kappa shape index (κ3) is 2.27. The third-order valence-corrected chi connectivity index (χ3v) is 4.00. The smallest absolute Gasteiger partial charge is 0.0991 e. The summed E-state index contributed by atoms with van der Waals surface area (Å²) in [6, 6.07) is 9.67. The van der Waals surface area contributed by atoms with Gasteiger partial charge in [0.15, 0.2) is 0 Å². The average molecular weight is 243 g/mol. The Hall–Kier alpha value is -1.37. The normalized spacial score (nSPS) is 34.2. The van der Waals surface area contributed by atoms with Gasteiger partial charge in [0.2, 0.25) is 0 Å². The first kappa shape index (κ1) is 11.7. The fraction of sp³-hybridized carbons (Fsp3) is 0.533. The van der Waals surface area contributed by atoms with Gasteiger partial charge in [-0.1, -0.05) is 12.1 Å². The van der Waals surface area contributed by atoms with Crippen LogP contribution in [0.2, 0.25) is 0 Å². The van der Waals surface area contributed by atoms with Crippen LogP contribution in [-0.2, 0) is 11.2 Å². The highest BCUT2D eigenvalue weighted by molar-refractivity contribution is 5.33. The number of nitrogens with zero attached hydrogens (tertiary/aromatic N) is 1. The molecule has 0 spiro atoms. The Bertz CT molecular complexity index is 480. The van der Waals surface area contributed by atoms with E-state index in [1.165, 1.54) is 0 Å². The highest BCUT2D eigenvalue weighted by Gasteiger charge is 2.43. The van der Waals surface area contributed by atoms with E-state index in [-0.39, 0.29) is 12.2 Å². The quantitative estimate of drug-likeness (QED) is 0.866. The molecule has 18 heavy (non-hydrogen) atoms. The van der Waals surface area contributed by atoms with Crippen LogP contribution in [0.5, 0.6) is 0 Å². The van der Waals surface area contributed by atoms with Gasteiger partial charge in [0.25, 0.3) is 0 Å². The molecule has 3 rings (SSSR count). The van der Waals surface area contributed by atoms with Crippen molar-refractivity contribution in [3.8, 4) is 6.07 Å². The Balaban J connectivity index is 1.77. The molecular formula is C15H17NO2. The SMILES string of the molecule is N#Cc1cccc(CC2(O)CC3CCC(C2)O3)c1. The topological polar surface area (TPSA) is 53.2 Å². The lowest BCUT2D eigenvalue weighted by atomic mass is 9.84. The minimum Gasteiger partial charge on any atom is -0.389 e. The molecular weight excluding hydrogens is 226 g/mol. The molecule has 0 amide bonds. The molecule has 3 nitrogen and oxygen atoms in total. The molecule has 1 aromatic rings. The Morgan fingerprint density at radius 2 is 2.06 bits per heavy atom. The fourth-order valence-corrected chi connectivity index (χ4v) is 3.29. The third-order valence-electron chi connectivity index (χ3n) is 4.00. The van der Waals surface area contributed by atoms with Crippen LogP contribution in [0.1, 0.15) is 36.8 Å². The standard InChI is InChI=1S/C15H17NO2/c16-10-12-3-1-2-11(6-12)7-15(17)8-13-4-5-14(9-15)18-13/h1-3,6,13-14,17H,4-5,7-9H2. The highest BCUT2D eigenvalue weighted by atomic mass is 16.5. The summed E-state index contributed by atoms with van der Waals surface area (Å²) in [5.41, 5.74) is 1.04. The molecule has 2 aliphatic heterocycles. The number of fused-ring (bicyclic) bond motifs is 2. The second kappa shape index (κ2) is 4.38. The number of ether oxygens (including phenoxy) is 1. The van der Waals surface area contributed by atoms with E-state index in [1.54, 1.807) is 6.07 Å². The van der Waals surface area contributed by atoms with Crippen molar-refractivity contribution in [3.63, 3.8) is 0 Å². The molecule has 1 N–H and O–H groups in total. The van der Waals surface area contributed by atoms with E-state index in [1.807, 2.05) is 18.2 Å². The Morgan fingerprint density at radius 3 is 2.72 bits per heavy atom. The number of benzene rings is 1. The van der Waals surface area contributed by atoms with Crippen molar-refractivity contribution in [1.82, 2.24) is 0 Å². The maximum atomic E-state index is 10.7. The minimum atomic E-state index is -0.655. The molecule has 2 atom stereocenters. The number of hydrogen-bond donors (Lipinski definition) is 1. The van der Waals surface area contributed by atoms with Crippen molar-refractivity contribution < 1.29 is 9.84 Å². The van der Waals surface area contributed by atoms with Gasteiger partial charge in [-0.05, 0) is 30.5 Å². The molecule has 0 saturated carbocycles. The molecule has 0 aliphatic carbocycles. The van der Waals surface area contributed by atoms with E-state index in [2.05, 4.69) is 6.07 Å². The van der Waals surface area contributed by atoms with Gasteiger partial charge in [-0.25, -0.2) is 0 Å². The van der Waals surface area contributed by atoms with Crippen LogP contribution < -0.4 is 0 Å². The van der Waals surface area contributed by atoms with E-state index < -0.39 is 5.60 Å². The molecule has 2 aliphatic rings. The largest absolute Gasteiger partial charge is 0.389 e. The van der Waals surface area contributed by atoms with Crippen LogP contribution in [0.25, 0.3) is 0 Å². The summed E-state index contributed by atoms with van der Waals surface area (Å²) in [6.07, 6.45) is 4.68. The summed E-state index contributed by atoms with van der Waals surface area (Å²) in [7, 11) is 0. The summed E-state index contributed by atoms with van der Waals surface area (Å²) in [5, 5.41) is 19.6. The molecule has 0 aromatic heterocycles. The first-order chi connectivity index (χ1) is 8.67. The highest BCUT2D eigenvalue weighted by Crippen LogP contribution is 2.39. The Kier molecular flexibility index (Phi) is 2.85. The first-order valence-corrected chi connectivity index (χ1v) is 6.54. The maximum absolute atomic E-state index is 10.7. The predicted octanol–water partition coefficient (Wildman–Crippen LogP) is 2.17. The van der Waals surface area contributed by atoms with Crippen molar-refractivity contribution in [2.24, 2.45) is 0 Å². The van der Waals surface area contributed by atoms with Crippen LogP contribution >= 0.6 is 0 Å². The van der Waals surface area contributed by atoms with Crippen LogP contribution in [0.4, 0.5) is 0 Å². The monoisotopic (exact) mass is 243 g/mol. The summed E-state index contributed by atoms with van der Waals surface area (Å²) in [5.74, 6) is 0. The van der Waals surface area contributed by atoms with Crippen LogP contribution in [-0.4, -0.2) is 22.9 Å². The van der Waals surface area contributed by atoms with Gasteiger partial charge in [0.05, 0.1) is 29.4 Å². The lowest BCUT2D eigenvalue weighted by Gasteiger charge is -2.36. The lowest BCUT2D eigenvalue weighted by Crippen LogP contribution is -2.42. The van der Waals surface area contributed by atoms with Gasteiger partial charge in [-0.3, -0.25) is 0 Å². The maximum Gasteiger partial charge on any atom is 0.0991 e. The van der Waals surface area contributed by atoms with Gasteiger partial charge >= 0.3 is 0 Å². The molecule has 1 aromatic carbocycles. The molecule has 2 fully saturated rings. The van der Waals surface area contributed by atoms with Gasteiger partial charge in [0.1, 0.15) is 0 Å². The molecule has 2 heterocycles. The van der Waals surface area contributed by atoms with Gasteiger partial charge in [-0.15, -0.1) is 0 Å². The molecule has 2 bridgehead atoms. The summed E-state index contributed by atoms with van der Waals surface area (Å²) >= 11 is 0. The minimum absolute atomic E-state index is 0.230. The van der Waals surface area contributed by atoms with Crippen molar-refractivity contribution in [2.75, 3.05) is 0 Å². The summed E-state index contributed by atoms with van der Waals surface area (Å²) in [4.78, 5) is 0. The average Bonchev–Trinajstić information content (AvgIpc) is 2.69. The van der Waals surface area contributed by atoms with Gasteiger partial charge < -0.3 is 9.84 Å². The van der Waals surface area contributed by atoms with Crippen LogP contribution in [0.15, 0.2) is 24.3 Å². The van der Waals surface area contributed by atoms with Crippen molar-refractivity contribution in [1.29, 1.82) is 5.26 Å². The Morgan fingerprint density at radius 1 is 1.33 bits per heavy atom. The molecule has 3 heteroatoms. The number of aliphatic hydroxyl groups is 1. The van der Waals surface area contributed by atoms with Gasteiger partial charge in [0, 0.05) is 19.3 Å². The van der Waals surface area contributed by atoms with Crippen molar-refractivity contribution >= 4 is 0 Å². The van der Waals surface area contributed by atoms with E-state index in [9.17, 15) is 5.11 Å². The lowest BCUT2D eigenvalue weighted by molar-refractivity contribution is -0.110. The van der Waals surface area contributed by atoms with Crippen molar-refractivity contribution in [3.05, 3.63) is 35.4 Å². The van der Waals surface area contributed by atoms with E-state index in [0.717, 1.165) is 31.2 Å². The second-order valence-corrected chi connectivity index (χ2v) is 5.58. The number of rotatable bonds is 2. The zero-order valence-corrected chi connectivity index (χ0v) is 10.3. The van der Waals surface area contributed by atoms with Gasteiger partial charge in [-0.2, -0.15) is 5.26 Å². The van der Waals surface area contributed by atoms with E-state index in [4.69, 9.17) is 10.00 Å².